The third-order valence-corrected chi connectivity index (χ3v) is 4.83. The van der Waals surface area contributed by atoms with Gasteiger partial charge in [-0.15, -0.1) is 11.3 Å². The molecule has 0 radical (unpaired) electrons. The zero-order chi connectivity index (χ0) is 13.1. The van der Waals surface area contributed by atoms with E-state index in [0.29, 0.717) is 11.4 Å². The summed E-state index contributed by atoms with van der Waals surface area (Å²) in [6, 6.07) is 0. The van der Waals surface area contributed by atoms with E-state index in [1.54, 1.807) is 18.4 Å². The summed E-state index contributed by atoms with van der Waals surface area (Å²) >= 11 is 6.71. The Kier molecular flexibility index (Phi) is 2.52. The number of fused-ring (bicyclic) bond motifs is 3. The molecule has 18 heavy (non-hydrogen) atoms. The summed E-state index contributed by atoms with van der Waals surface area (Å²) in [5.74, 6) is 0. The van der Waals surface area contributed by atoms with Crippen molar-refractivity contribution in [3.63, 3.8) is 0 Å². The molecule has 2 aromatic rings. The van der Waals surface area contributed by atoms with Crippen molar-refractivity contribution in [2.24, 2.45) is 7.05 Å². The van der Waals surface area contributed by atoms with Crippen LogP contribution in [-0.4, -0.2) is 15.2 Å². The first-order valence-corrected chi connectivity index (χ1v) is 6.99. The van der Waals surface area contributed by atoms with Crippen molar-refractivity contribution in [3.05, 3.63) is 25.6 Å². The molecule has 0 aliphatic carbocycles. The largest absolute Gasteiger partial charge is 0.370 e. The lowest BCUT2D eigenvalue weighted by atomic mass is 9.94. The number of aromatic nitrogens is 2. The van der Waals surface area contributed by atoms with Crippen molar-refractivity contribution in [2.75, 3.05) is 0 Å². The third kappa shape index (κ3) is 1.67. The van der Waals surface area contributed by atoms with Crippen LogP contribution in [0.2, 0.25) is 0 Å². The van der Waals surface area contributed by atoms with E-state index < -0.39 is 0 Å². The molecule has 0 fully saturated rings. The van der Waals surface area contributed by atoms with Gasteiger partial charge >= 0.3 is 0 Å². The lowest BCUT2D eigenvalue weighted by Gasteiger charge is -2.29. The van der Waals surface area contributed by atoms with Crippen molar-refractivity contribution in [2.45, 2.75) is 32.5 Å². The van der Waals surface area contributed by atoms with Gasteiger partial charge in [-0.05, 0) is 31.6 Å². The molecule has 0 spiro atoms. The van der Waals surface area contributed by atoms with E-state index >= 15 is 0 Å². The number of ether oxygens (including phenoxy) is 1. The molecule has 2 aromatic heterocycles. The zero-order valence-corrected chi connectivity index (χ0v) is 12.1. The maximum atomic E-state index is 12.3. The van der Waals surface area contributed by atoms with E-state index in [0.717, 1.165) is 27.1 Å². The summed E-state index contributed by atoms with van der Waals surface area (Å²) in [7, 11) is 1.70. The molecule has 0 amide bonds. The molecule has 1 aliphatic heterocycles. The summed E-state index contributed by atoms with van der Waals surface area (Å²) in [5, 5.41) is 0.780. The summed E-state index contributed by atoms with van der Waals surface area (Å²) < 4.78 is 7.74. The third-order valence-electron chi connectivity index (χ3n) is 3.33. The van der Waals surface area contributed by atoms with Gasteiger partial charge in [0.15, 0.2) is 4.77 Å². The molecular formula is C12H14N2O2S2. The molecule has 0 aromatic carbocycles. The number of aromatic amines is 1. The highest BCUT2D eigenvalue weighted by Crippen LogP contribution is 2.36. The Balaban J connectivity index is 2.39. The molecule has 3 heterocycles. The van der Waals surface area contributed by atoms with Gasteiger partial charge in [0, 0.05) is 18.3 Å². The fraction of sp³-hybridized carbons (Fsp3) is 0.500. The first-order valence-electron chi connectivity index (χ1n) is 5.76. The minimum absolute atomic E-state index is 0.0102. The number of hydrogen-bond acceptors (Lipinski definition) is 4. The Bertz CT molecular complexity index is 752. The summed E-state index contributed by atoms with van der Waals surface area (Å²) in [6.45, 7) is 4.68. The zero-order valence-electron chi connectivity index (χ0n) is 10.5. The van der Waals surface area contributed by atoms with Crippen LogP contribution in [0.4, 0.5) is 0 Å². The number of nitrogens with one attached hydrogen (secondary N) is 1. The Morgan fingerprint density at radius 3 is 2.94 bits per heavy atom. The van der Waals surface area contributed by atoms with E-state index in [9.17, 15) is 4.79 Å². The maximum Gasteiger partial charge on any atom is 0.263 e. The Hall–Kier alpha value is -0.980. The predicted molar refractivity (Wildman–Crippen MR) is 74.8 cm³/mol. The van der Waals surface area contributed by atoms with Gasteiger partial charge in [-0.25, -0.2) is 0 Å². The van der Waals surface area contributed by atoms with Crippen molar-refractivity contribution in [1.82, 2.24) is 9.55 Å². The van der Waals surface area contributed by atoms with Crippen LogP contribution in [0, 0.1) is 4.77 Å². The second-order valence-electron chi connectivity index (χ2n) is 5.23. The molecule has 0 unspecified atom stereocenters. The first kappa shape index (κ1) is 12.1. The highest BCUT2D eigenvalue weighted by molar-refractivity contribution is 7.71. The average molecular weight is 282 g/mol. The molecule has 4 nitrogen and oxygen atoms in total. The van der Waals surface area contributed by atoms with Gasteiger partial charge in [0.2, 0.25) is 0 Å². The molecule has 96 valence electrons. The van der Waals surface area contributed by atoms with E-state index in [1.165, 1.54) is 4.57 Å². The van der Waals surface area contributed by atoms with Crippen LogP contribution < -0.4 is 5.56 Å². The molecule has 0 saturated heterocycles. The molecule has 0 atom stereocenters. The quantitative estimate of drug-likeness (QED) is 0.755. The van der Waals surface area contributed by atoms with E-state index in [4.69, 9.17) is 17.0 Å². The van der Waals surface area contributed by atoms with Crippen LogP contribution in [0.1, 0.15) is 24.3 Å². The van der Waals surface area contributed by atoms with Crippen molar-refractivity contribution in [3.8, 4) is 0 Å². The van der Waals surface area contributed by atoms with E-state index in [2.05, 4.69) is 18.8 Å². The second kappa shape index (κ2) is 3.76. The fourth-order valence-corrected chi connectivity index (χ4v) is 3.68. The molecule has 1 aliphatic rings. The maximum absolute atomic E-state index is 12.3. The van der Waals surface area contributed by atoms with Gasteiger partial charge in [0.25, 0.3) is 5.56 Å². The van der Waals surface area contributed by atoms with Gasteiger partial charge in [0.1, 0.15) is 4.83 Å². The molecular weight excluding hydrogens is 268 g/mol. The SMILES string of the molecule is Cn1c(=S)[nH]c2sc3c(c2c1=O)CC(C)(C)OC3. The van der Waals surface area contributed by atoms with Crippen LogP contribution in [0.25, 0.3) is 10.2 Å². The Labute approximate surface area is 113 Å². The summed E-state index contributed by atoms with van der Waals surface area (Å²) in [4.78, 5) is 17.5. The lowest BCUT2D eigenvalue weighted by Crippen LogP contribution is -2.32. The number of H-pyrrole nitrogens is 1. The van der Waals surface area contributed by atoms with Crippen LogP contribution in [0.5, 0.6) is 0 Å². The number of nitrogens with zero attached hydrogens (tertiary/aromatic N) is 1. The van der Waals surface area contributed by atoms with Gasteiger partial charge in [-0.2, -0.15) is 0 Å². The lowest BCUT2D eigenvalue weighted by molar-refractivity contribution is -0.0379. The van der Waals surface area contributed by atoms with E-state index in [1.807, 2.05) is 0 Å². The minimum Gasteiger partial charge on any atom is -0.370 e. The number of hydrogen-bond donors (Lipinski definition) is 1. The van der Waals surface area contributed by atoms with Gasteiger partial charge in [-0.3, -0.25) is 9.36 Å². The van der Waals surface area contributed by atoms with Crippen LogP contribution in [-0.2, 0) is 24.8 Å². The second-order valence-corrected chi connectivity index (χ2v) is 6.72. The molecule has 0 bridgehead atoms. The highest BCUT2D eigenvalue weighted by Gasteiger charge is 2.30. The normalized spacial score (nSPS) is 17.9. The minimum atomic E-state index is -0.210. The monoisotopic (exact) mass is 282 g/mol. The topological polar surface area (TPSA) is 47.0 Å². The van der Waals surface area contributed by atoms with Crippen LogP contribution >= 0.6 is 23.6 Å². The van der Waals surface area contributed by atoms with Crippen molar-refractivity contribution < 1.29 is 4.74 Å². The van der Waals surface area contributed by atoms with Crippen molar-refractivity contribution >= 4 is 33.8 Å². The first-order chi connectivity index (χ1) is 8.39. The average Bonchev–Trinajstić information content (AvgIpc) is 2.62. The number of rotatable bonds is 0. The number of thiophene rings is 1. The van der Waals surface area contributed by atoms with Gasteiger partial charge in [-0.1, -0.05) is 0 Å². The summed E-state index contributed by atoms with van der Waals surface area (Å²) in [5.41, 5.74) is 0.903. The Morgan fingerprint density at radius 2 is 2.22 bits per heavy atom. The smallest absolute Gasteiger partial charge is 0.263 e. The van der Waals surface area contributed by atoms with Crippen LogP contribution in [0.15, 0.2) is 4.79 Å². The standard InChI is InChI=1S/C12H14N2O2S2/c1-12(2)4-6-7(5-16-12)18-9-8(6)10(15)14(3)11(17)13-9/h4-5H2,1-3H3,(H,13,17). The molecule has 0 saturated carbocycles. The molecule has 1 N–H and O–H groups in total. The fourth-order valence-electron chi connectivity index (χ4n) is 2.31. The Morgan fingerprint density at radius 1 is 1.50 bits per heavy atom. The van der Waals surface area contributed by atoms with E-state index in [-0.39, 0.29) is 11.2 Å². The molecule has 3 rings (SSSR count). The van der Waals surface area contributed by atoms with Gasteiger partial charge < -0.3 is 9.72 Å². The molecule has 6 heteroatoms. The highest BCUT2D eigenvalue weighted by atomic mass is 32.1. The predicted octanol–water partition coefficient (Wildman–Crippen LogP) is 2.51. The summed E-state index contributed by atoms with van der Waals surface area (Å²) in [6.07, 6.45) is 0.766. The van der Waals surface area contributed by atoms with Gasteiger partial charge in [0.05, 0.1) is 17.6 Å². The van der Waals surface area contributed by atoms with Crippen molar-refractivity contribution in [1.29, 1.82) is 0 Å². The van der Waals surface area contributed by atoms with Crippen LogP contribution in [0.3, 0.4) is 0 Å².